The molecule has 0 aromatic heterocycles. The van der Waals surface area contributed by atoms with Gasteiger partial charge in [0.1, 0.15) is 0 Å². The molecule has 0 fully saturated rings. The fraction of sp³-hybridized carbons (Fsp3) is 0. The second-order valence-electron chi connectivity index (χ2n) is 0. The van der Waals surface area contributed by atoms with E-state index in [-0.39, 0.29) is 61.6 Å². The molecule has 0 bridgehead atoms. The quantitative estimate of drug-likeness (QED) is 0.384. The molecule has 0 amide bonds. The first-order chi connectivity index (χ1) is 0. The van der Waals surface area contributed by atoms with Gasteiger partial charge in [-0.2, -0.15) is 0 Å². The van der Waals surface area contributed by atoms with E-state index >= 15 is 0 Å². The van der Waals surface area contributed by atoms with Crippen LogP contribution in [0.5, 0.6) is 0 Å². The average molecular weight is 243 g/mol. The van der Waals surface area contributed by atoms with E-state index in [1.807, 2.05) is 0 Å². The molecule has 0 aromatic carbocycles. The summed E-state index contributed by atoms with van der Waals surface area (Å²) in [6, 6.07) is 0. The zero-order valence-corrected chi connectivity index (χ0v) is 7.34. The van der Waals surface area contributed by atoms with Crippen LogP contribution >= 0.6 is 0 Å². The van der Waals surface area contributed by atoms with Crippen molar-refractivity contribution in [3.8, 4) is 0 Å². The monoisotopic (exact) mass is 243 g/mol. The Labute approximate surface area is 61.1 Å². The third-order valence-electron chi connectivity index (χ3n) is 0. The Morgan fingerprint density at radius 1 is 0.750 bits per heavy atom. The van der Waals surface area contributed by atoms with Gasteiger partial charge < -0.3 is 11.0 Å². The van der Waals surface area contributed by atoms with Crippen molar-refractivity contribution in [2.75, 3.05) is 0 Å². The summed E-state index contributed by atoms with van der Waals surface area (Å²) in [5.74, 6) is 0. The van der Waals surface area contributed by atoms with E-state index in [0.717, 1.165) is 0 Å². The summed E-state index contributed by atoms with van der Waals surface area (Å²) in [6.45, 7) is 0. The van der Waals surface area contributed by atoms with Crippen molar-refractivity contribution in [1.29, 1.82) is 0 Å². The Morgan fingerprint density at radius 2 is 0.750 bits per heavy atom. The summed E-state index contributed by atoms with van der Waals surface area (Å²) in [6.07, 6.45) is 0. The van der Waals surface area contributed by atoms with Crippen LogP contribution in [0.1, 0.15) is 0 Å². The van der Waals surface area contributed by atoms with Crippen LogP contribution in [0, 0.1) is 0 Å². The molecule has 0 aliphatic heterocycles. The minimum absolute atomic E-state index is 0. The summed E-state index contributed by atoms with van der Waals surface area (Å²) in [7, 11) is 0. The first-order valence-electron chi connectivity index (χ1n) is 0. The number of hydrogen-bond donors (Lipinski definition) is 0. The van der Waals surface area contributed by atoms with E-state index in [2.05, 4.69) is 0 Å². The van der Waals surface area contributed by atoms with Gasteiger partial charge in [0, 0.05) is 21.1 Å². The summed E-state index contributed by atoms with van der Waals surface area (Å²) >= 11 is 0. The maximum atomic E-state index is 0. The van der Waals surface area contributed by atoms with Gasteiger partial charge in [0.15, 0.2) is 0 Å². The number of rotatable bonds is 0. The van der Waals surface area contributed by atoms with Gasteiger partial charge >= 0.3 is 29.6 Å². The molecule has 0 radical (unpaired) electrons. The van der Waals surface area contributed by atoms with Crippen molar-refractivity contribution in [3.63, 3.8) is 0 Å². The van der Waals surface area contributed by atoms with Crippen molar-refractivity contribution in [2.45, 2.75) is 0 Å². The largest absolute Gasteiger partial charge is 1.00 e. The minimum Gasteiger partial charge on any atom is -0.412 e. The second kappa shape index (κ2) is 23.2. The van der Waals surface area contributed by atoms with Crippen molar-refractivity contribution < 1.29 is 61.6 Å². The van der Waals surface area contributed by atoms with Gasteiger partial charge in [-0.1, -0.05) is 0 Å². The molecular weight excluding hydrogens is 239 g/mol. The molecule has 4 heteroatoms. The van der Waals surface area contributed by atoms with Gasteiger partial charge in [-0.3, -0.25) is 0 Å². The fourth-order valence-corrected chi connectivity index (χ4v) is 0. The normalized spacial score (nSPS) is 0. The van der Waals surface area contributed by atoms with Gasteiger partial charge in [-0.05, 0) is 0 Å². The molecule has 0 atom stereocenters. The van der Waals surface area contributed by atoms with E-state index in [0.29, 0.717) is 0 Å². The topological polar surface area (TPSA) is 63.0 Å². The van der Waals surface area contributed by atoms with Crippen LogP contribution in [0.4, 0.5) is 0 Å². The van der Waals surface area contributed by atoms with Gasteiger partial charge in [-0.25, -0.2) is 0 Å². The fourth-order valence-electron chi connectivity index (χ4n) is 0. The van der Waals surface area contributed by atoms with E-state index in [4.69, 9.17) is 0 Å². The van der Waals surface area contributed by atoms with E-state index < -0.39 is 0 Å². The van der Waals surface area contributed by atoms with Crippen molar-refractivity contribution >= 4 is 0 Å². The standard InChI is InChI=1S/Na.2H2O.W/h;2*1H2;/q+1;;;. The molecule has 4 heavy (non-hydrogen) atoms. The van der Waals surface area contributed by atoms with Crippen molar-refractivity contribution in [3.05, 3.63) is 0 Å². The maximum absolute atomic E-state index is 0. The third kappa shape index (κ3) is 9.49. The molecule has 22 valence electrons. The summed E-state index contributed by atoms with van der Waals surface area (Å²) in [5, 5.41) is 0. The van der Waals surface area contributed by atoms with Crippen molar-refractivity contribution in [1.82, 2.24) is 0 Å². The van der Waals surface area contributed by atoms with Crippen LogP contribution in [0.2, 0.25) is 0 Å². The molecule has 0 heterocycles. The van der Waals surface area contributed by atoms with Crippen LogP contribution in [0.15, 0.2) is 0 Å². The van der Waals surface area contributed by atoms with Gasteiger partial charge in [0.05, 0.1) is 0 Å². The zero-order valence-electron chi connectivity index (χ0n) is 2.41. The molecule has 0 aliphatic rings. The maximum Gasteiger partial charge on any atom is 1.00 e. The Balaban J connectivity index is 0. The van der Waals surface area contributed by atoms with Crippen LogP contribution in [-0.2, 0) is 21.1 Å². The van der Waals surface area contributed by atoms with Crippen LogP contribution in [0.25, 0.3) is 0 Å². The molecule has 0 unspecified atom stereocenters. The van der Waals surface area contributed by atoms with Crippen molar-refractivity contribution in [2.24, 2.45) is 0 Å². The average Bonchev–Trinajstić information content (AvgIpc) is 0. The van der Waals surface area contributed by atoms with E-state index in [1.165, 1.54) is 0 Å². The van der Waals surface area contributed by atoms with Crippen LogP contribution in [-0.4, -0.2) is 11.0 Å². The first kappa shape index (κ1) is 46.0. The molecule has 0 saturated carbocycles. The van der Waals surface area contributed by atoms with Crippen LogP contribution < -0.4 is 29.6 Å². The zero-order chi connectivity index (χ0) is 0. The second-order valence-corrected chi connectivity index (χ2v) is 0. The Hall–Kier alpha value is 1.61. The SMILES string of the molecule is O.O.[Na+].[W]. The summed E-state index contributed by atoms with van der Waals surface area (Å²) in [5.41, 5.74) is 0. The van der Waals surface area contributed by atoms with Gasteiger partial charge in [-0.15, -0.1) is 0 Å². The van der Waals surface area contributed by atoms with E-state index in [9.17, 15) is 0 Å². The Bertz CT molecular complexity index is 6.00. The summed E-state index contributed by atoms with van der Waals surface area (Å²) in [4.78, 5) is 0. The van der Waals surface area contributed by atoms with Crippen LogP contribution in [0.3, 0.4) is 0 Å². The Morgan fingerprint density at radius 3 is 0.750 bits per heavy atom. The summed E-state index contributed by atoms with van der Waals surface area (Å²) < 4.78 is 0. The molecule has 0 aromatic rings. The predicted molar refractivity (Wildman–Crippen MR) is 7.23 cm³/mol. The molecule has 0 aliphatic carbocycles. The third-order valence-corrected chi connectivity index (χ3v) is 0. The molecule has 4 N–H and O–H groups in total. The molecule has 2 nitrogen and oxygen atoms in total. The number of hydrogen-bond acceptors (Lipinski definition) is 0. The predicted octanol–water partition coefficient (Wildman–Crippen LogP) is -4.65. The molecule has 0 rings (SSSR count). The van der Waals surface area contributed by atoms with E-state index in [1.54, 1.807) is 0 Å². The van der Waals surface area contributed by atoms with Gasteiger partial charge in [0.2, 0.25) is 0 Å². The minimum atomic E-state index is 0. The first-order valence-corrected chi connectivity index (χ1v) is 0. The van der Waals surface area contributed by atoms with Gasteiger partial charge in [0.25, 0.3) is 0 Å². The smallest absolute Gasteiger partial charge is 0.412 e. The molecular formula is H4NaO2W+. The molecule has 0 spiro atoms. The molecule has 0 saturated heterocycles. The Kier molecular flexibility index (Phi) is 267.